The molecule has 100 valence electrons. The van der Waals surface area contributed by atoms with Gasteiger partial charge in [-0.3, -0.25) is 4.79 Å². The number of benzene rings is 1. The molecule has 2 atom stereocenters. The smallest absolute Gasteiger partial charge is 0.227 e. The molecular weight excluding hydrogens is 250 g/mol. The van der Waals surface area contributed by atoms with Crippen molar-refractivity contribution in [2.45, 2.75) is 24.6 Å². The molecule has 1 rings (SSSR count). The van der Waals surface area contributed by atoms with Crippen LogP contribution in [0.25, 0.3) is 0 Å². The molecule has 0 aliphatic rings. The van der Waals surface area contributed by atoms with E-state index in [4.69, 9.17) is 16.3 Å². The van der Waals surface area contributed by atoms with Gasteiger partial charge in [-0.1, -0.05) is 30.3 Å². The van der Waals surface area contributed by atoms with Crippen LogP contribution in [0.5, 0.6) is 0 Å². The molecule has 2 unspecified atom stereocenters. The lowest BCUT2D eigenvalue weighted by Crippen LogP contribution is -2.30. The van der Waals surface area contributed by atoms with Gasteiger partial charge in [0.1, 0.15) is 0 Å². The van der Waals surface area contributed by atoms with Crippen LogP contribution in [0.3, 0.4) is 0 Å². The standard InChI is InChI=1S/C14H20ClNO2/c1-11(12-6-4-3-5-7-12)14(17)16-9-8-13(15)10-18-2/h3-7,11,13H,8-10H2,1-2H3,(H,16,17). The molecule has 1 aromatic carbocycles. The normalized spacial score (nSPS) is 13.9. The molecule has 1 N–H and O–H groups in total. The zero-order valence-electron chi connectivity index (χ0n) is 10.9. The molecule has 3 nitrogen and oxygen atoms in total. The van der Waals surface area contributed by atoms with E-state index in [-0.39, 0.29) is 17.2 Å². The van der Waals surface area contributed by atoms with Crippen LogP contribution in [0, 0.1) is 0 Å². The van der Waals surface area contributed by atoms with Gasteiger partial charge in [-0.05, 0) is 18.9 Å². The number of ether oxygens (including phenoxy) is 1. The second kappa shape index (κ2) is 8.11. The van der Waals surface area contributed by atoms with Crippen molar-refractivity contribution in [3.63, 3.8) is 0 Å². The first kappa shape index (κ1) is 15.0. The fourth-order valence-corrected chi connectivity index (χ4v) is 1.90. The first-order valence-electron chi connectivity index (χ1n) is 6.10. The van der Waals surface area contributed by atoms with Crippen LogP contribution in [0.15, 0.2) is 30.3 Å². The van der Waals surface area contributed by atoms with Crippen LogP contribution in [0.2, 0.25) is 0 Å². The number of nitrogens with one attached hydrogen (secondary N) is 1. The van der Waals surface area contributed by atoms with Crippen molar-refractivity contribution >= 4 is 17.5 Å². The monoisotopic (exact) mass is 269 g/mol. The maximum Gasteiger partial charge on any atom is 0.227 e. The predicted molar refractivity (Wildman–Crippen MR) is 74.0 cm³/mol. The third kappa shape index (κ3) is 5.07. The molecule has 0 fully saturated rings. The zero-order chi connectivity index (χ0) is 13.4. The minimum atomic E-state index is -0.137. The number of carbonyl (C=O) groups excluding carboxylic acids is 1. The third-order valence-corrected chi connectivity index (χ3v) is 3.14. The van der Waals surface area contributed by atoms with Crippen molar-refractivity contribution in [1.82, 2.24) is 5.32 Å². The van der Waals surface area contributed by atoms with Crippen molar-refractivity contribution in [3.8, 4) is 0 Å². The summed E-state index contributed by atoms with van der Waals surface area (Å²) in [5.74, 6) is -0.107. The summed E-state index contributed by atoms with van der Waals surface area (Å²) in [5, 5.41) is 2.84. The minimum absolute atomic E-state index is 0.0301. The highest BCUT2D eigenvalue weighted by molar-refractivity contribution is 6.20. The summed E-state index contributed by atoms with van der Waals surface area (Å²) in [7, 11) is 1.62. The lowest BCUT2D eigenvalue weighted by Gasteiger charge is -2.13. The molecule has 18 heavy (non-hydrogen) atoms. The van der Waals surface area contributed by atoms with Gasteiger partial charge in [-0.15, -0.1) is 11.6 Å². The van der Waals surface area contributed by atoms with Crippen LogP contribution < -0.4 is 5.32 Å². The summed E-state index contributed by atoms with van der Waals surface area (Å²) in [6, 6.07) is 9.73. The van der Waals surface area contributed by atoms with Crippen molar-refractivity contribution in [3.05, 3.63) is 35.9 Å². The number of methoxy groups -OCH3 is 1. The molecule has 0 bridgehead atoms. The molecule has 0 spiro atoms. The van der Waals surface area contributed by atoms with E-state index in [2.05, 4.69) is 5.32 Å². The van der Waals surface area contributed by atoms with Crippen LogP contribution in [0.1, 0.15) is 24.8 Å². The van der Waals surface area contributed by atoms with E-state index in [9.17, 15) is 4.79 Å². The number of amides is 1. The van der Waals surface area contributed by atoms with Crippen molar-refractivity contribution in [2.75, 3.05) is 20.3 Å². The largest absolute Gasteiger partial charge is 0.383 e. The maximum atomic E-state index is 11.9. The number of alkyl halides is 1. The Hall–Kier alpha value is -1.06. The summed E-state index contributed by atoms with van der Waals surface area (Å²) < 4.78 is 4.93. The average Bonchev–Trinajstić information content (AvgIpc) is 2.39. The Kier molecular flexibility index (Phi) is 6.76. The Bertz CT molecular complexity index is 356. The lowest BCUT2D eigenvalue weighted by molar-refractivity contribution is -0.122. The van der Waals surface area contributed by atoms with Gasteiger partial charge in [0, 0.05) is 13.7 Å². The molecule has 1 aromatic rings. The van der Waals surface area contributed by atoms with E-state index >= 15 is 0 Å². The first-order chi connectivity index (χ1) is 8.65. The maximum absolute atomic E-state index is 11.9. The Morgan fingerprint density at radius 3 is 2.67 bits per heavy atom. The Labute approximate surface area is 113 Å². The van der Waals surface area contributed by atoms with Gasteiger partial charge in [-0.25, -0.2) is 0 Å². The van der Waals surface area contributed by atoms with Crippen LogP contribution in [-0.4, -0.2) is 31.5 Å². The number of carbonyl (C=O) groups is 1. The minimum Gasteiger partial charge on any atom is -0.383 e. The van der Waals surface area contributed by atoms with Crippen LogP contribution in [-0.2, 0) is 9.53 Å². The summed E-state index contributed by atoms with van der Waals surface area (Å²) in [6.45, 7) is 2.98. The van der Waals surface area contributed by atoms with Gasteiger partial charge >= 0.3 is 0 Å². The highest BCUT2D eigenvalue weighted by Crippen LogP contribution is 2.14. The van der Waals surface area contributed by atoms with E-state index in [1.165, 1.54) is 0 Å². The van der Waals surface area contributed by atoms with E-state index in [1.807, 2.05) is 37.3 Å². The van der Waals surface area contributed by atoms with E-state index in [0.717, 1.165) is 5.56 Å². The topological polar surface area (TPSA) is 38.3 Å². The summed E-state index contributed by atoms with van der Waals surface area (Å²) >= 11 is 5.98. The number of hydrogen-bond acceptors (Lipinski definition) is 2. The summed E-state index contributed by atoms with van der Waals surface area (Å²) in [5.41, 5.74) is 1.02. The SMILES string of the molecule is COCC(Cl)CCNC(=O)C(C)c1ccccc1. The number of rotatable bonds is 7. The van der Waals surface area contributed by atoms with Crippen LogP contribution in [0.4, 0.5) is 0 Å². The van der Waals surface area contributed by atoms with Crippen molar-refractivity contribution in [2.24, 2.45) is 0 Å². The molecule has 4 heteroatoms. The van der Waals surface area contributed by atoms with E-state index in [0.29, 0.717) is 19.6 Å². The molecule has 1 amide bonds. The van der Waals surface area contributed by atoms with E-state index in [1.54, 1.807) is 7.11 Å². The van der Waals surface area contributed by atoms with Crippen LogP contribution >= 0.6 is 11.6 Å². The Balaban J connectivity index is 2.33. The van der Waals surface area contributed by atoms with Gasteiger partial charge in [-0.2, -0.15) is 0 Å². The van der Waals surface area contributed by atoms with Crippen molar-refractivity contribution < 1.29 is 9.53 Å². The number of hydrogen-bond donors (Lipinski definition) is 1. The van der Waals surface area contributed by atoms with E-state index < -0.39 is 0 Å². The highest BCUT2D eigenvalue weighted by atomic mass is 35.5. The van der Waals surface area contributed by atoms with Gasteiger partial charge in [0.25, 0.3) is 0 Å². The summed E-state index contributed by atoms with van der Waals surface area (Å²) in [4.78, 5) is 11.9. The predicted octanol–water partition coefficient (Wildman–Crippen LogP) is 2.55. The highest BCUT2D eigenvalue weighted by Gasteiger charge is 2.14. The second-order valence-electron chi connectivity index (χ2n) is 4.26. The fourth-order valence-electron chi connectivity index (χ4n) is 1.66. The second-order valence-corrected chi connectivity index (χ2v) is 4.88. The van der Waals surface area contributed by atoms with Gasteiger partial charge in [0.15, 0.2) is 0 Å². The Morgan fingerprint density at radius 1 is 1.39 bits per heavy atom. The Morgan fingerprint density at radius 2 is 2.06 bits per heavy atom. The van der Waals surface area contributed by atoms with Gasteiger partial charge in [0.2, 0.25) is 5.91 Å². The molecular formula is C14H20ClNO2. The van der Waals surface area contributed by atoms with Crippen molar-refractivity contribution in [1.29, 1.82) is 0 Å². The molecule has 0 heterocycles. The lowest BCUT2D eigenvalue weighted by atomic mass is 10.0. The molecule has 0 aliphatic heterocycles. The van der Waals surface area contributed by atoms with Gasteiger partial charge in [0.05, 0.1) is 17.9 Å². The fraction of sp³-hybridized carbons (Fsp3) is 0.500. The third-order valence-electron chi connectivity index (χ3n) is 2.80. The van der Waals surface area contributed by atoms with Gasteiger partial charge < -0.3 is 10.1 Å². The first-order valence-corrected chi connectivity index (χ1v) is 6.54. The molecule has 0 saturated carbocycles. The molecule has 0 radical (unpaired) electrons. The molecule has 0 aromatic heterocycles. The summed E-state index contributed by atoms with van der Waals surface area (Å²) in [6.07, 6.45) is 0.711. The number of halogens is 1. The average molecular weight is 270 g/mol. The zero-order valence-corrected chi connectivity index (χ0v) is 11.6. The molecule has 0 aliphatic carbocycles. The molecule has 0 saturated heterocycles. The quantitative estimate of drug-likeness (QED) is 0.773.